The van der Waals surface area contributed by atoms with Gasteiger partial charge >= 0.3 is 0 Å². The quantitative estimate of drug-likeness (QED) is 0.716. The maximum absolute atomic E-state index is 12.1. The van der Waals surface area contributed by atoms with E-state index in [-0.39, 0.29) is 18.4 Å². The van der Waals surface area contributed by atoms with E-state index in [1.54, 1.807) is 0 Å². The second-order valence-electron chi connectivity index (χ2n) is 5.49. The van der Waals surface area contributed by atoms with Crippen molar-refractivity contribution in [3.63, 3.8) is 0 Å². The van der Waals surface area contributed by atoms with Crippen molar-refractivity contribution in [1.29, 1.82) is 0 Å². The van der Waals surface area contributed by atoms with Crippen molar-refractivity contribution < 1.29 is 9.32 Å². The van der Waals surface area contributed by atoms with E-state index < -0.39 is 0 Å². The first-order chi connectivity index (χ1) is 11.6. The van der Waals surface area contributed by atoms with Gasteiger partial charge in [-0.3, -0.25) is 9.89 Å². The van der Waals surface area contributed by atoms with Gasteiger partial charge in [0.15, 0.2) is 5.82 Å². The number of amides is 1. The zero-order valence-electron chi connectivity index (χ0n) is 13.5. The molecule has 2 N–H and O–H groups in total. The number of rotatable bonds is 6. The van der Waals surface area contributed by atoms with Gasteiger partial charge in [0.2, 0.25) is 17.6 Å². The molecule has 0 bridgehead atoms. The first kappa shape index (κ1) is 15.9. The molecule has 0 fully saturated rings. The molecule has 3 aromatic rings. The van der Waals surface area contributed by atoms with Gasteiger partial charge in [0.1, 0.15) is 6.33 Å². The van der Waals surface area contributed by atoms with Gasteiger partial charge in [-0.25, -0.2) is 4.98 Å². The lowest BCUT2D eigenvalue weighted by Crippen LogP contribution is -2.27. The van der Waals surface area contributed by atoms with Gasteiger partial charge < -0.3 is 9.84 Å². The zero-order chi connectivity index (χ0) is 16.9. The number of carbonyl (C=O) groups is 1. The molecule has 3 rings (SSSR count). The van der Waals surface area contributed by atoms with Gasteiger partial charge in [-0.15, -0.1) is 0 Å². The second-order valence-corrected chi connectivity index (χ2v) is 5.49. The fourth-order valence-corrected chi connectivity index (χ4v) is 2.45. The Morgan fingerprint density at radius 3 is 2.96 bits per heavy atom. The van der Waals surface area contributed by atoms with E-state index in [9.17, 15) is 4.79 Å². The molecular formula is C16H18N6O2. The fraction of sp³-hybridized carbons (Fsp3) is 0.312. The van der Waals surface area contributed by atoms with Gasteiger partial charge in [0.05, 0.1) is 6.04 Å². The Labute approximate surface area is 138 Å². The summed E-state index contributed by atoms with van der Waals surface area (Å²) in [6, 6.07) is 7.94. The number of aromatic nitrogens is 5. The van der Waals surface area contributed by atoms with Crippen LogP contribution in [0, 0.1) is 6.92 Å². The number of nitrogens with zero attached hydrogens (tertiary/aromatic N) is 4. The van der Waals surface area contributed by atoms with Crippen LogP contribution in [-0.4, -0.2) is 31.2 Å². The Bertz CT molecular complexity index is 812. The summed E-state index contributed by atoms with van der Waals surface area (Å²) < 4.78 is 5.12. The number of aromatic amines is 1. The molecule has 0 saturated heterocycles. The van der Waals surface area contributed by atoms with Crippen molar-refractivity contribution in [1.82, 2.24) is 30.6 Å². The Kier molecular flexibility index (Phi) is 4.64. The Morgan fingerprint density at radius 2 is 2.21 bits per heavy atom. The molecular weight excluding hydrogens is 308 g/mol. The van der Waals surface area contributed by atoms with Crippen LogP contribution in [0.3, 0.4) is 0 Å². The molecule has 24 heavy (non-hydrogen) atoms. The Morgan fingerprint density at radius 1 is 1.38 bits per heavy atom. The molecule has 8 nitrogen and oxygen atoms in total. The largest absolute Gasteiger partial charge is 0.350 e. The van der Waals surface area contributed by atoms with Gasteiger partial charge in [0, 0.05) is 12.8 Å². The molecule has 0 aliphatic heterocycles. The van der Waals surface area contributed by atoms with E-state index in [2.05, 4.69) is 30.6 Å². The number of aryl methyl sites for hydroxylation is 2. The number of hydrogen-bond donors (Lipinski definition) is 2. The van der Waals surface area contributed by atoms with Crippen molar-refractivity contribution in [3.8, 4) is 11.6 Å². The fourth-order valence-electron chi connectivity index (χ4n) is 2.45. The normalized spacial score (nSPS) is 12.1. The molecule has 0 radical (unpaired) electrons. The van der Waals surface area contributed by atoms with Crippen LogP contribution in [-0.2, 0) is 11.2 Å². The van der Waals surface area contributed by atoms with Gasteiger partial charge in [-0.1, -0.05) is 29.4 Å². The highest BCUT2D eigenvalue weighted by atomic mass is 16.5. The number of carbonyl (C=O) groups excluding carboxylic acids is 1. The van der Waals surface area contributed by atoms with Crippen LogP contribution in [0.5, 0.6) is 0 Å². The first-order valence-corrected chi connectivity index (χ1v) is 7.66. The molecule has 2 heterocycles. The molecule has 0 aliphatic rings. The summed E-state index contributed by atoms with van der Waals surface area (Å²) in [7, 11) is 0. The number of H-pyrrole nitrogens is 1. The molecule has 0 spiro atoms. The minimum Gasteiger partial charge on any atom is -0.350 e. The maximum Gasteiger partial charge on any atom is 0.239 e. The first-order valence-electron chi connectivity index (χ1n) is 7.66. The van der Waals surface area contributed by atoms with Crippen LogP contribution < -0.4 is 5.32 Å². The highest BCUT2D eigenvalue weighted by molar-refractivity contribution is 5.76. The third-order valence-corrected chi connectivity index (χ3v) is 3.69. The summed E-state index contributed by atoms with van der Waals surface area (Å²) in [5.41, 5.74) is 2.26. The molecule has 2 aromatic heterocycles. The van der Waals surface area contributed by atoms with E-state index in [1.807, 2.05) is 38.1 Å². The van der Waals surface area contributed by atoms with E-state index >= 15 is 0 Å². The van der Waals surface area contributed by atoms with Gasteiger partial charge in [-0.2, -0.15) is 10.1 Å². The molecule has 1 aromatic carbocycles. The minimum atomic E-state index is -0.0647. The van der Waals surface area contributed by atoms with Crippen LogP contribution in [0.4, 0.5) is 0 Å². The number of hydrogen-bond acceptors (Lipinski definition) is 6. The number of benzene rings is 1. The molecule has 1 atom stereocenters. The predicted molar refractivity (Wildman–Crippen MR) is 85.7 cm³/mol. The third-order valence-electron chi connectivity index (χ3n) is 3.69. The van der Waals surface area contributed by atoms with Gasteiger partial charge in [-0.05, 0) is 25.0 Å². The van der Waals surface area contributed by atoms with Gasteiger partial charge in [0.25, 0.3) is 0 Å². The topological polar surface area (TPSA) is 110 Å². The number of nitrogens with one attached hydrogen (secondary N) is 2. The second kappa shape index (κ2) is 7.03. The van der Waals surface area contributed by atoms with E-state index in [0.29, 0.717) is 24.0 Å². The summed E-state index contributed by atoms with van der Waals surface area (Å²) in [6.45, 7) is 4.00. The van der Waals surface area contributed by atoms with E-state index in [0.717, 1.165) is 11.1 Å². The molecule has 8 heteroatoms. The van der Waals surface area contributed by atoms with Crippen molar-refractivity contribution in [2.75, 3.05) is 0 Å². The Hall–Kier alpha value is -3.03. The highest BCUT2D eigenvalue weighted by Crippen LogP contribution is 2.17. The van der Waals surface area contributed by atoms with Crippen molar-refractivity contribution in [2.45, 2.75) is 32.7 Å². The molecule has 0 saturated carbocycles. The van der Waals surface area contributed by atoms with Crippen LogP contribution in [0.1, 0.15) is 36.4 Å². The van der Waals surface area contributed by atoms with Crippen molar-refractivity contribution >= 4 is 5.91 Å². The lowest BCUT2D eigenvalue weighted by Gasteiger charge is -2.16. The van der Waals surface area contributed by atoms with Crippen LogP contribution in [0.25, 0.3) is 11.6 Å². The average Bonchev–Trinajstić information content (AvgIpc) is 3.24. The summed E-state index contributed by atoms with van der Waals surface area (Å²) in [5.74, 6) is 1.09. The highest BCUT2D eigenvalue weighted by Gasteiger charge is 2.14. The molecule has 0 aliphatic carbocycles. The SMILES string of the molecule is Cc1ccccc1C(C)NC(=O)CCc1nc(-c2ncn[nH]2)no1. The van der Waals surface area contributed by atoms with Crippen LogP contribution >= 0.6 is 0 Å². The maximum atomic E-state index is 12.1. The summed E-state index contributed by atoms with van der Waals surface area (Å²) in [5, 5.41) is 13.2. The molecule has 1 unspecified atom stereocenters. The smallest absolute Gasteiger partial charge is 0.239 e. The lowest BCUT2D eigenvalue weighted by molar-refractivity contribution is -0.121. The van der Waals surface area contributed by atoms with Crippen molar-refractivity contribution in [3.05, 3.63) is 47.6 Å². The lowest BCUT2D eigenvalue weighted by atomic mass is 10.0. The summed E-state index contributed by atoms with van der Waals surface area (Å²) >= 11 is 0. The Balaban J connectivity index is 1.53. The van der Waals surface area contributed by atoms with Crippen LogP contribution in [0.15, 0.2) is 35.1 Å². The molecule has 1 amide bonds. The summed E-state index contributed by atoms with van der Waals surface area (Å²) in [4.78, 5) is 20.2. The monoisotopic (exact) mass is 326 g/mol. The van der Waals surface area contributed by atoms with E-state index in [1.165, 1.54) is 6.33 Å². The standard InChI is InChI=1S/C16H18N6O2/c1-10-5-3-4-6-12(10)11(2)19-13(23)7-8-14-20-16(22-24-14)15-17-9-18-21-15/h3-6,9,11H,7-8H2,1-2H3,(H,19,23)(H,17,18,21). The molecule has 124 valence electrons. The van der Waals surface area contributed by atoms with E-state index in [4.69, 9.17) is 4.52 Å². The predicted octanol–water partition coefficient (Wildman–Crippen LogP) is 1.97. The van der Waals surface area contributed by atoms with Crippen LogP contribution in [0.2, 0.25) is 0 Å². The third kappa shape index (κ3) is 3.65. The summed E-state index contributed by atoms with van der Waals surface area (Å²) in [6.07, 6.45) is 2.01. The minimum absolute atomic E-state index is 0.0499. The van der Waals surface area contributed by atoms with Crippen molar-refractivity contribution in [2.24, 2.45) is 0 Å². The average molecular weight is 326 g/mol. The zero-order valence-corrected chi connectivity index (χ0v) is 13.5.